The van der Waals surface area contributed by atoms with Crippen LogP contribution in [0, 0.1) is 17.5 Å². The van der Waals surface area contributed by atoms with Crippen molar-refractivity contribution in [2.45, 2.75) is 12.5 Å². The summed E-state index contributed by atoms with van der Waals surface area (Å²) in [7, 11) is 0. The smallest absolute Gasteiger partial charge is 0.145 e. The maximum atomic E-state index is 14.1. The SMILES string of the molecule is CC(N)(c1ccc(F)cc1)c1c(F)ccc(Br)c1F. The molecule has 1 atom stereocenters. The topological polar surface area (TPSA) is 26.0 Å². The van der Waals surface area contributed by atoms with Gasteiger partial charge in [-0.15, -0.1) is 0 Å². The highest BCUT2D eigenvalue weighted by atomic mass is 79.9. The van der Waals surface area contributed by atoms with Gasteiger partial charge in [0.1, 0.15) is 17.5 Å². The molecule has 0 radical (unpaired) electrons. The van der Waals surface area contributed by atoms with Crippen molar-refractivity contribution in [2.75, 3.05) is 0 Å². The van der Waals surface area contributed by atoms with Crippen molar-refractivity contribution in [1.29, 1.82) is 0 Å². The Morgan fingerprint density at radius 2 is 1.58 bits per heavy atom. The van der Waals surface area contributed by atoms with E-state index in [9.17, 15) is 13.2 Å². The van der Waals surface area contributed by atoms with E-state index in [0.29, 0.717) is 5.56 Å². The van der Waals surface area contributed by atoms with Crippen LogP contribution < -0.4 is 5.73 Å². The maximum absolute atomic E-state index is 14.1. The van der Waals surface area contributed by atoms with Crippen LogP contribution in [0.2, 0.25) is 0 Å². The summed E-state index contributed by atoms with van der Waals surface area (Å²) in [4.78, 5) is 0. The molecule has 2 rings (SSSR count). The fourth-order valence-electron chi connectivity index (χ4n) is 1.94. The average Bonchev–Trinajstić information content (AvgIpc) is 2.34. The van der Waals surface area contributed by atoms with Crippen LogP contribution in [0.1, 0.15) is 18.1 Å². The molecule has 0 saturated heterocycles. The summed E-state index contributed by atoms with van der Waals surface area (Å²) >= 11 is 3.00. The largest absolute Gasteiger partial charge is 0.318 e. The molecule has 0 bridgehead atoms. The van der Waals surface area contributed by atoms with Crippen LogP contribution in [0.25, 0.3) is 0 Å². The molecule has 2 aromatic rings. The van der Waals surface area contributed by atoms with Crippen LogP contribution in [0.5, 0.6) is 0 Å². The molecule has 0 aliphatic carbocycles. The Morgan fingerprint density at radius 3 is 2.16 bits per heavy atom. The fourth-order valence-corrected chi connectivity index (χ4v) is 2.27. The fraction of sp³-hybridized carbons (Fsp3) is 0.143. The summed E-state index contributed by atoms with van der Waals surface area (Å²) in [6.45, 7) is 1.48. The first-order valence-electron chi connectivity index (χ1n) is 5.53. The van der Waals surface area contributed by atoms with Crippen LogP contribution in [-0.2, 0) is 5.54 Å². The highest BCUT2D eigenvalue weighted by molar-refractivity contribution is 9.10. The zero-order valence-corrected chi connectivity index (χ0v) is 11.6. The lowest BCUT2D eigenvalue weighted by molar-refractivity contribution is 0.479. The molecular weight excluding hydrogens is 319 g/mol. The summed E-state index contributed by atoms with van der Waals surface area (Å²) in [6.07, 6.45) is 0. The first-order valence-corrected chi connectivity index (χ1v) is 6.32. The van der Waals surface area contributed by atoms with E-state index in [1.165, 1.54) is 37.3 Å². The van der Waals surface area contributed by atoms with Crippen LogP contribution in [0.4, 0.5) is 13.2 Å². The van der Waals surface area contributed by atoms with Crippen molar-refractivity contribution in [1.82, 2.24) is 0 Å². The van der Waals surface area contributed by atoms with E-state index in [2.05, 4.69) is 15.9 Å². The summed E-state index contributed by atoms with van der Waals surface area (Å²) in [5.41, 5.74) is 4.82. The lowest BCUT2D eigenvalue weighted by atomic mass is 9.85. The van der Waals surface area contributed by atoms with Crippen LogP contribution >= 0.6 is 15.9 Å². The van der Waals surface area contributed by atoms with Crippen molar-refractivity contribution >= 4 is 15.9 Å². The summed E-state index contributed by atoms with van der Waals surface area (Å²) < 4.78 is 41.0. The van der Waals surface area contributed by atoms with Crippen molar-refractivity contribution in [2.24, 2.45) is 5.73 Å². The molecule has 0 aliphatic heterocycles. The van der Waals surface area contributed by atoms with Crippen LogP contribution in [0.15, 0.2) is 40.9 Å². The molecule has 19 heavy (non-hydrogen) atoms. The van der Waals surface area contributed by atoms with Gasteiger partial charge in [-0.3, -0.25) is 0 Å². The zero-order valence-electron chi connectivity index (χ0n) is 10.1. The minimum atomic E-state index is -1.40. The monoisotopic (exact) mass is 329 g/mol. The van der Waals surface area contributed by atoms with E-state index in [4.69, 9.17) is 5.73 Å². The quantitative estimate of drug-likeness (QED) is 0.825. The Kier molecular flexibility index (Phi) is 3.69. The normalized spacial score (nSPS) is 14.2. The van der Waals surface area contributed by atoms with E-state index in [1.807, 2.05) is 0 Å². The Morgan fingerprint density at radius 1 is 1.00 bits per heavy atom. The van der Waals surface area contributed by atoms with Gasteiger partial charge in [0.05, 0.1) is 10.0 Å². The molecule has 5 heteroatoms. The minimum absolute atomic E-state index is 0.127. The third kappa shape index (κ3) is 2.53. The second kappa shape index (κ2) is 4.98. The van der Waals surface area contributed by atoms with Crippen LogP contribution in [0.3, 0.4) is 0 Å². The molecule has 100 valence electrons. The Labute approximate surface area is 117 Å². The van der Waals surface area contributed by atoms with E-state index < -0.39 is 23.0 Å². The zero-order chi connectivity index (χ0) is 14.2. The maximum Gasteiger partial charge on any atom is 0.145 e. The van der Waals surface area contributed by atoms with Gasteiger partial charge in [-0.05, 0) is 52.7 Å². The highest BCUT2D eigenvalue weighted by Gasteiger charge is 2.31. The molecule has 0 spiro atoms. The van der Waals surface area contributed by atoms with E-state index >= 15 is 0 Å². The molecule has 2 aromatic carbocycles. The van der Waals surface area contributed by atoms with Crippen molar-refractivity contribution in [3.63, 3.8) is 0 Å². The molecular formula is C14H11BrF3N. The number of benzene rings is 2. The lowest BCUT2D eigenvalue weighted by Crippen LogP contribution is -2.36. The molecule has 1 unspecified atom stereocenters. The molecule has 0 aromatic heterocycles. The number of hydrogen-bond donors (Lipinski definition) is 1. The van der Waals surface area contributed by atoms with Gasteiger partial charge in [-0.25, -0.2) is 13.2 Å². The average molecular weight is 330 g/mol. The van der Waals surface area contributed by atoms with Gasteiger partial charge < -0.3 is 5.73 Å². The predicted molar refractivity (Wildman–Crippen MR) is 71.1 cm³/mol. The van der Waals surface area contributed by atoms with E-state index in [0.717, 1.165) is 6.07 Å². The summed E-state index contributed by atoms with van der Waals surface area (Å²) in [5, 5.41) is 0. The number of rotatable bonds is 2. The Balaban J connectivity index is 2.62. The second-order valence-corrected chi connectivity index (χ2v) is 5.28. The highest BCUT2D eigenvalue weighted by Crippen LogP contribution is 2.33. The Hall–Kier alpha value is -1.33. The van der Waals surface area contributed by atoms with Gasteiger partial charge in [0.2, 0.25) is 0 Å². The van der Waals surface area contributed by atoms with Gasteiger partial charge in [0.15, 0.2) is 0 Å². The molecule has 0 saturated carbocycles. The van der Waals surface area contributed by atoms with Crippen LogP contribution in [-0.4, -0.2) is 0 Å². The first-order chi connectivity index (χ1) is 8.84. The van der Waals surface area contributed by atoms with Gasteiger partial charge in [-0.2, -0.15) is 0 Å². The third-order valence-corrected chi connectivity index (χ3v) is 3.62. The molecule has 1 nitrogen and oxygen atoms in total. The van der Waals surface area contributed by atoms with Crippen molar-refractivity contribution in [3.05, 3.63) is 69.4 Å². The third-order valence-electron chi connectivity index (χ3n) is 3.01. The summed E-state index contributed by atoms with van der Waals surface area (Å²) in [5.74, 6) is -1.93. The minimum Gasteiger partial charge on any atom is -0.318 e. The van der Waals surface area contributed by atoms with Gasteiger partial charge in [-0.1, -0.05) is 12.1 Å². The van der Waals surface area contributed by atoms with Gasteiger partial charge >= 0.3 is 0 Å². The van der Waals surface area contributed by atoms with Crippen molar-refractivity contribution in [3.8, 4) is 0 Å². The molecule has 0 heterocycles. The van der Waals surface area contributed by atoms with Gasteiger partial charge in [0.25, 0.3) is 0 Å². The van der Waals surface area contributed by atoms with E-state index in [1.54, 1.807) is 0 Å². The predicted octanol–water partition coefficient (Wildman–Crippen LogP) is 4.09. The second-order valence-electron chi connectivity index (χ2n) is 4.43. The summed E-state index contributed by atoms with van der Waals surface area (Å²) in [6, 6.07) is 7.64. The Bertz CT molecular complexity index is 609. The molecule has 0 amide bonds. The molecule has 0 aliphatic rings. The number of nitrogens with two attached hydrogens (primary N) is 1. The van der Waals surface area contributed by atoms with Gasteiger partial charge in [0, 0.05) is 5.56 Å². The lowest BCUT2D eigenvalue weighted by Gasteiger charge is -2.27. The first kappa shape index (κ1) is 14.1. The molecule has 2 N–H and O–H groups in total. The number of halogens is 4. The standard InChI is InChI=1S/C14H11BrF3N/c1-14(19,8-2-4-9(16)5-3-8)12-11(17)7-6-10(15)13(12)18/h2-7H,19H2,1H3. The van der Waals surface area contributed by atoms with Crippen molar-refractivity contribution < 1.29 is 13.2 Å². The number of hydrogen-bond acceptors (Lipinski definition) is 1. The van der Waals surface area contributed by atoms with E-state index in [-0.39, 0.29) is 10.0 Å². The molecule has 0 fully saturated rings.